The predicted octanol–water partition coefficient (Wildman–Crippen LogP) is 5.30. The molecule has 1 amide bonds. The first kappa shape index (κ1) is 17.9. The molecule has 0 aliphatic heterocycles. The maximum absolute atomic E-state index is 13.2. The second-order valence-corrected chi connectivity index (χ2v) is 6.23. The number of nitrogens with one attached hydrogen (secondary N) is 2. The van der Waals surface area contributed by atoms with Crippen LogP contribution in [-0.4, -0.2) is 10.9 Å². The molecule has 0 bridgehead atoms. The van der Waals surface area contributed by atoms with Crippen molar-refractivity contribution in [2.24, 2.45) is 0 Å². The summed E-state index contributed by atoms with van der Waals surface area (Å²) in [5.41, 5.74) is 2.66. The SMILES string of the molecule is CC(Nc1cncc(C(=O)Nc2ccc(F)c(Cl)c2)c1)c1ccccc1. The van der Waals surface area contributed by atoms with Gasteiger partial charge >= 0.3 is 0 Å². The number of hydrogen-bond donors (Lipinski definition) is 2. The van der Waals surface area contributed by atoms with Gasteiger partial charge in [-0.15, -0.1) is 0 Å². The lowest BCUT2D eigenvalue weighted by atomic mass is 10.1. The van der Waals surface area contributed by atoms with Gasteiger partial charge in [0.1, 0.15) is 5.82 Å². The third-order valence-electron chi connectivity index (χ3n) is 3.86. The van der Waals surface area contributed by atoms with Crippen molar-refractivity contribution in [2.75, 3.05) is 10.6 Å². The van der Waals surface area contributed by atoms with E-state index in [1.807, 2.05) is 37.3 Å². The number of anilines is 2. The molecule has 2 aromatic carbocycles. The Bertz CT molecular complexity index is 918. The molecule has 0 saturated carbocycles. The fourth-order valence-corrected chi connectivity index (χ4v) is 2.68. The minimum absolute atomic E-state index is 0.0481. The van der Waals surface area contributed by atoms with Gasteiger partial charge in [-0.3, -0.25) is 9.78 Å². The highest BCUT2D eigenvalue weighted by Gasteiger charge is 2.11. The molecule has 1 atom stereocenters. The van der Waals surface area contributed by atoms with E-state index in [9.17, 15) is 9.18 Å². The van der Waals surface area contributed by atoms with Crippen LogP contribution >= 0.6 is 11.6 Å². The van der Waals surface area contributed by atoms with Crippen LogP contribution in [-0.2, 0) is 0 Å². The number of rotatable bonds is 5. The molecule has 2 N–H and O–H groups in total. The monoisotopic (exact) mass is 369 g/mol. The van der Waals surface area contributed by atoms with Crippen LogP contribution in [0.4, 0.5) is 15.8 Å². The number of halogens is 2. The highest BCUT2D eigenvalue weighted by Crippen LogP contribution is 2.21. The lowest BCUT2D eigenvalue weighted by Crippen LogP contribution is -2.13. The maximum atomic E-state index is 13.2. The van der Waals surface area contributed by atoms with Crippen molar-refractivity contribution in [3.63, 3.8) is 0 Å². The summed E-state index contributed by atoms with van der Waals surface area (Å²) in [6.45, 7) is 2.03. The molecule has 1 heterocycles. The van der Waals surface area contributed by atoms with E-state index in [-0.39, 0.29) is 17.0 Å². The van der Waals surface area contributed by atoms with E-state index in [1.165, 1.54) is 24.4 Å². The molecule has 1 aromatic heterocycles. The number of aromatic nitrogens is 1. The van der Waals surface area contributed by atoms with E-state index in [2.05, 4.69) is 15.6 Å². The minimum Gasteiger partial charge on any atom is -0.377 e. The summed E-state index contributed by atoms with van der Waals surface area (Å²) in [6, 6.07) is 15.8. The highest BCUT2D eigenvalue weighted by atomic mass is 35.5. The molecule has 0 radical (unpaired) electrons. The summed E-state index contributed by atoms with van der Waals surface area (Å²) in [7, 11) is 0. The van der Waals surface area contributed by atoms with Gasteiger partial charge in [-0.1, -0.05) is 41.9 Å². The third-order valence-corrected chi connectivity index (χ3v) is 4.15. The fraction of sp³-hybridized carbons (Fsp3) is 0.100. The Labute approximate surface area is 156 Å². The third kappa shape index (κ3) is 4.37. The molecule has 6 heteroatoms. The Morgan fingerprint density at radius 2 is 1.85 bits per heavy atom. The van der Waals surface area contributed by atoms with Gasteiger partial charge in [0.05, 0.1) is 16.3 Å². The van der Waals surface area contributed by atoms with Crippen molar-refractivity contribution >= 4 is 28.9 Å². The molecule has 3 aromatic rings. The van der Waals surface area contributed by atoms with Crippen molar-refractivity contribution in [1.82, 2.24) is 4.98 Å². The lowest BCUT2D eigenvalue weighted by molar-refractivity contribution is 0.102. The van der Waals surface area contributed by atoms with Gasteiger partial charge in [0.15, 0.2) is 0 Å². The average Bonchev–Trinajstić information content (AvgIpc) is 2.65. The van der Waals surface area contributed by atoms with Crippen molar-refractivity contribution in [3.8, 4) is 0 Å². The summed E-state index contributed by atoms with van der Waals surface area (Å²) in [4.78, 5) is 16.5. The van der Waals surface area contributed by atoms with Crippen LogP contribution in [0.25, 0.3) is 0 Å². The summed E-state index contributed by atoms with van der Waals surface area (Å²) in [6.07, 6.45) is 3.13. The number of benzene rings is 2. The lowest BCUT2D eigenvalue weighted by Gasteiger charge is -2.16. The summed E-state index contributed by atoms with van der Waals surface area (Å²) in [5.74, 6) is -0.886. The standard InChI is InChI=1S/C20H17ClFN3O/c1-13(14-5-3-2-4-6-14)24-17-9-15(11-23-12-17)20(26)25-16-7-8-19(22)18(21)10-16/h2-13,24H,1H3,(H,25,26). The fourth-order valence-electron chi connectivity index (χ4n) is 2.50. The number of hydrogen-bond acceptors (Lipinski definition) is 3. The summed E-state index contributed by atoms with van der Waals surface area (Å²) >= 11 is 5.74. The first-order chi connectivity index (χ1) is 12.5. The molecule has 0 saturated heterocycles. The maximum Gasteiger partial charge on any atom is 0.257 e. The summed E-state index contributed by atoms with van der Waals surface area (Å²) < 4.78 is 13.2. The second-order valence-electron chi connectivity index (χ2n) is 5.82. The van der Waals surface area contributed by atoms with Gasteiger partial charge in [0, 0.05) is 24.1 Å². The molecule has 0 aliphatic carbocycles. The smallest absolute Gasteiger partial charge is 0.257 e. The van der Waals surface area contributed by atoms with Crippen LogP contribution in [0.5, 0.6) is 0 Å². The van der Waals surface area contributed by atoms with Gasteiger partial charge in [-0.25, -0.2) is 4.39 Å². The van der Waals surface area contributed by atoms with Crippen molar-refractivity contribution < 1.29 is 9.18 Å². The van der Waals surface area contributed by atoms with Gasteiger partial charge in [0.25, 0.3) is 5.91 Å². The van der Waals surface area contributed by atoms with E-state index in [4.69, 9.17) is 11.6 Å². The molecule has 1 unspecified atom stereocenters. The van der Waals surface area contributed by atoms with Crippen LogP contribution in [0, 0.1) is 5.82 Å². The van der Waals surface area contributed by atoms with Crippen LogP contribution in [0.2, 0.25) is 5.02 Å². The molecule has 0 fully saturated rings. The molecule has 132 valence electrons. The van der Waals surface area contributed by atoms with Crippen molar-refractivity contribution in [2.45, 2.75) is 13.0 Å². The predicted molar refractivity (Wildman–Crippen MR) is 102 cm³/mol. The molecular weight excluding hydrogens is 353 g/mol. The van der Waals surface area contributed by atoms with Crippen molar-refractivity contribution in [3.05, 3.63) is 89.0 Å². The molecule has 26 heavy (non-hydrogen) atoms. The zero-order valence-electron chi connectivity index (χ0n) is 14.0. The first-order valence-corrected chi connectivity index (χ1v) is 8.43. The topological polar surface area (TPSA) is 54.0 Å². The minimum atomic E-state index is -0.535. The molecule has 3 rings (SSSR count). The van der Waals surface area contributed by atoms with Gasteiger partial charge in [0.2, 0.25) is 0 Å². The summed E-state index contributed by atoms with van der Waals surface area (Å²) in [5, 5.41) is 5.95. The number of carbonyl (C=O) groups is 1. The Hall–Kier alpha value is -2.92. The number of pyridine rings is 1. The van der Waals surface area contributed by atoms with E-state index < -0.39 is 5.82 Å². The van der Waals surface area contributed by atoms with Crippen LogP contribution in [0.1, 0.15) is 28.9 Å². The zero-order chi connectivity index (χ0) is 18.5. The van der Waals surface area contributed by atoms with Crippen LogP contribution in [0.15, 0.2) is 67.0 Å². The van der Waals surface area contributed by atoms with Crippen LogP contribution in [0.3, 0.4) is 0 Å². The van der Waals surface area contributed by atoms with E-state index in [0.717, 1.165) is 11.3 Å². The Balaban J connectivity index is 1.72. The molecular formula is C20H17ClFN3O. The quantitative estimate of drug-likeness (QED) is 0.641. The van der Waals surface area contributed by atoms with Crippen LogP contribution < -0.4 is 10.6 Å². The normalized spacial score (nSPS) is 11.7. The largest absolute Gasteiger partial charge is 0.377 e. The van der Waals surface area contributed by atoms with Gasteiger partial charge in [-0.05, 0) is 36.8 Å². The molecule has 0 aliphatic rings. The molecule has 0 spiro atoms. The van der Waals surface area contributed by atoms with E-state index in [1.54, 1.807) is 12.3 Å². The number of amides is 1. The van der Waals surface area contributed by atoms with E-state index >= 15 is 0 Å². The zero-order valence-corrected chi connectivity index (χ0v) is 14.8. The average molecular weight is 370 g/mol. The molecule has 4 nitrogen and oxygen atoms in total. The van der Waals surface area contributed by atoms with E-state index in [0.29, 0.717) is 11.3 Å². The number of nitrogens with zero attached hydrogens (tertiary/aromatic N) is 1. The van der Waals surface area contributed by atoms with Gasteiger partial charge in [-0.2, -0.15) is 0 Å². The Morgan fingerprint density at radius 1 is 1.08 bits per heavy atom. The number of carbonyl (C=O) groups excluding carboxylic acids is 1. The highest BCUT2D eigenvalue weighted by molar-refractivity contribution is 6.31. The first-order valence-electron chi connectivity index (χ1n) is 8.06. The van der Waals surface area contributed by atoms with Gasteiger partial charge < -0.3 is 10.6 Å². The Kier molecular flexibility index (Phi) is 5.49. The van der Waals surface area contributed by atoms with Crippen molar-refractivity contribution in [1.29, 1.82) is 0 Å². The second kappa shape index (κ2) is 7.97. The Morgan fingerprint density at radius 3 is 2.58 bits per heavy atom.